The Hall–Kier alpha value is -0.0600. The molecular formula is C11H20N2S2. The van der Waals surface area contributed by atoms with E-state index in [0.29, 0.717) is 12.1 Å². The first-order valence-electron chi connectivity index (χ1n) is 5.47. The van der Waals surface area contributed by atoms with Crippen molar-refractivity contribution in [2.24, 2.45) is 0 Å². The number of hydrogen-bond donors (Lipinski definition) is 1. The van der Waals surface area contributed by atoms with Gasteiger partial charge in [-0.05, 0) is 31.8 Å². The normalized spacial score (nSPS) is 15.1. The van der Waals surface area contributed by atoms with Crippen LogP contribution in [0.25, 0.3) is 0 Å². The summed E-state index contributed by atoms with van der Waals surface area (Å²) < 4.78 is 0. The van der Waals surface area contributed by atoms with Gasteiger partial charge in [-0.2, -0.15) is 11.8 Å². The van der Waals surface area contributed by atoms with Crippen LogP contribution in [-0.4, -0.2) is 22.5 Å². The van der Waals surface area contributed by atoms with Crippen LogP contribution in [0.2, 0.25) is 0 Å². The number of aromatic nitrogens is 1. The zero-order valence-corrected chi connectivity index (χ0v) is 11.3. The Labute approximate surface area is 101 Å². The van der Waals surface area contributed by atoms with Crippen molar-refractivity contribution in [3.63, 3.8) is 0 Å². The maximum Gasteiger partial charge on any atom is 0.109 e. The van der Waals surface area contributed by atoms with E-state index in [1.54, 1.807) is 11.3 Å². The minimum Gasteiger partial charge on any atom is -0.306 e. The zero-order chi connectivity index (χ0) is 11.1. The van der Waals surface area contributed by atoms with E-state index in [4.69, 9.17) is 0 Å². The molecule has 2 nitrogen and oxygen atoms in total. The molecular weight excluding hydrogens is 224 g/mol. The van der Waals surface area contributed by atoms with Crippen molar-refractivity contribution in [2.75, 3.05) is 11.5 Å². The molecule has 0 aliphatic rings. The lowest BCUT2D eigenvalue weighted by atomic mass is 10.2. The highest BCUT2D eigenvalue weighted by Gasteiger charge is 2.10. The SMILES string of the molecule is CCSCCC(C)NC(C)c1nccs1. The van der Waals surface area contributed by atoms with Crippen LogP contribution in [0.5, 0.6) is 0 Å². The number of nitrogens with one attached hydrogen (secondary N) is 1. The van der Waals surface area contributed by atoms with Crippen molar-refractivity contribution in [1.82, 2.24) is 10.3 Å². The van der Waals surface area contributed by atoms with E-state index in [1.807, 2.05) is 23.3 Å². The summed E-state index contributed by atoms with van der Waals surface area (Å²) in [6, 6.07) is 0.953. The molecule has 1 aromatic heterocycles. The molecule has 1 rings (SSSR count). The summed E-state index contributed by atoms with van der Waals surface area (Å²) in [5, 5.41) is 6.79. The van der Waals surface area contributed by atoms with E-state index in [2.05, 4.69) is 31.1 Å². The van der Waals surface area contributed by atoms with Gasteiger partial charge >= 0.3 is 0 Å². The Morgan fingerprint density at radius 2 is 2.33 bits per heavy atom. The number of rotatable bonds is 7. The molecule has 1 heterocycles. The second-order valence-electron chi connectivity index (χ2n) is 3.65. The van der Waals surface area contributed by atoms with Crippen LogP contribution in [0.1, 0.15) is 38.2 Å². The molecule has 0 aliphatic heterocycles. The molecule has 0 saturated carbocycles. The maximum atomic E-state index is 4.32. The van der Waals surface area contributed by atoms with Gasteiger partial charge in [0.05, 0.1) is 6.04 Å². The van der Waals surface area contributed by atoms with Gasteiger partial charge in [0.15, 0.2) is 0 Å². The van der Waals surface area contributed by atoms with E-state index in [0.717, 1.165) is 0 Å². The van der Waals surface area contributed by atoms with Gasteiger partial charge in [-0.1, -0.05) is 6.92 Å². The lowest BCUT2D eigenvalue weighted by molar-refractivity contribution is 0.470. The van der Waals surface area contributed by atoms with Crippen LogP contribution < -0.4 is 5.32 Å². The third-order valence-corrected chi connectivity index (χ3v) is 4.15. The molecule has 0 bridgehead atoms. The van der Waals surface area contributed by atoms with Crippen LogP contribution in [0.15, 0.2) is 11.6 Å². The second kappa shape index (κ2) is 7.25. The van der Waals surface area contributed by atoms with Crippen LogP contribution >= 0.6 is 23.1 Å². The molecule has 86 valence electrons. The summed E-state index contributed by atoms with van der Waals surface area (Å²) in [6.07, 6.45) is 3.10. The predicted octanol–water partition coefficient (Wildman–Crippen LogP) is 3.33. The maximum absolute atomic E-state index is 4.32. The molecule has 4 heteroatoms. The molecule has 0 fully saturated rings. The summed E-state index contributed by atoms with van der Waals surface area (Å²) in [5.41, 5.74) is 0. The molecule has 1 aromatic rings. The Morgan fingerprint density at radius 3 is 2.93 bits per heavy atom. The molecule has 0 aromatic carbocycles. The topological polar surface area (TPSA) is 24.9 Å². The van der Waals surface area contributed by atoms with E-state index in [9.17, 15) is 0 Å². The summed E-state index contributed by atoms with van der Waals surface area (Å²) in [6.45, 7) is 6.64. The van der Waals surface area contributed by atoms with Crippen molar-refractivity contribution in [3.8, 4) is 0 Å². The fourth-order valence-electron chi connectivity index (χ4n) is 1.43. The molecule has 0 radical (unpaired) electrons. The van der Waals surface area contributed by atoms with Gasteiger partial charge in [-0.3, -0.25) is 0 Å². The minimum atomic E-state index is 0.381. The average Bonchev–Trinajstić information content (AvgIpc) is 2.70. The third kappa shape index (κ3) is 5.00. The molecule has 15 heavy (non-hydrogen) atoms. The fraction of sp³-hybridized carbons (Fsp3) is 0.727. The second-order valence-corrected chi connectivity index (χ2v) is 5.97. The number of thioether (sulfide) groups is 1. The number of nitrogens with zero attached hydrogens (tertiary/aromatic N) is 1. The number of thiazole rings is 1. The van der Waals surface area contributed by atoms with Crippen molar-refractivity contribution in [2.45, 2.75) is 39.3 Å². The Kier molecular flexibility index (Phi) is 6.29. The van der Waals surface area contributed by atoms with Crippen LogP contribution in [-0.2, 0) is 0 Å². The smallest absolute Gasteiger partial charge is 0.109 e. The Morgan fingerprint density at radius 1 is 1.53 bits per heavy atom. The van der Waals surface area contributed by atoms with Gasteiger partial charge in [-0.25, -0.2) is 4.98 Å². The Balaban J connectivity index is 2.22. The standard InChI is InChI=1S/C11H20N2S2/c1-4-14-7-5-9(2)13-10(3)11-12-6-8-15-11/h6,8-10,13H,4-5,7H2,1-3H3. The van der Waals surface area contributed by atoms with Gasteiger partial charge < -0.3 is 5.32 Å². The predicted molar refractivity (Wildman–Crippen MR) is 70.7 cm³/mol. The summed E-state index contributed by atoms with van der Waals surface area (Å²) >= 11 is 3.73. The minimum absolute atomic E-state index is 0.381. The third-order valence-electron chi connectivity index (χ3n) is 2.26. The average molecular weight is 244 g/mol. The first-order chi connectivity index (χ1) is 7.24. The lowest BCUT2D eigenvalue weighted by Crippen LogP contribution is -2.29. The zero-order valence-electron chi connectivity index (χ0n) is 9.69. The molecule has 2 atom stereocenters. The van der Waals surface area contributed by atoms with E-state index >= 15 is 0 Å². The molecule has 2 unspecified atom stereocenters. The first kappa shape index (κ1) is 13.0. The van der Waals surface area contributed by atoms with Crippen molar-refractivity contribution in [3.05, 3.63) is 16.6 Å². The van der Waals surface area contributed by atoms with Crippen molar-refractivity contribution >= 4 is 23.1 Å². The first-order valence-corrected chi connectivity index (χ1v) is 7.50. The number of hydrogen-bond acceptors (Lipinski definition) is 4. The monoisotopic (exact) mass is 244 g/mol. The van der Waals surface area contributed by atoms with Gasteiger partial charge in [0.2, 0.25) is 0 Å². The lowest BCUT2D eigenvalue weighted by Gasteiger charge is -2.18. The molecule has 0 saturated heterocycles. The largest absolute Gasteiger partial charge is 0.306 e. The summed E-state index contributed by atoms with van der Waals surface area (Å²) in [7, 11) is 0. The molecule has 0 aliphatic carbocycles. The molecule has 0 amide bonds. The van der Waals surface area contributed by atoms with Crippen LogP contribution in [0.3, 0.4) is 0 Å². The highest BCUT2D eigenvalue weighted by molar-refractivity contribution is 7.99. The molecule has 1 N–H and O–H groups in total. The van der Waals surface area contributed by atoms with E-state index < -0.39 is 0 Å². The highest BCUT2D eigenvalue weighted by atomic mass is 32.2. The van der Waals surface area contributed by atoms with E-state index in [-0.39, 0.29) is 0 Å². The van der Waals surface area contributed by atoms with Crippen LogP contribution in [0.4, 0.5) is 0 Å². The van der Waals surface area contributed by atoms with Gasteiger partial charge in [0.1, 0.15) is 5.01 Å². The van der Waals surface area contributed by atoms with Crippen molar-refractivity contribution in [1.29, 1.82) is 0 Å². The van der Waals surface area contributed by atoms with Gasteiger partial charge in [0.25, 0.3) is 0 Å². The fourth-order valence-corrected chi connectivity index (χ4v) is 2.90. The van der Waals surface area contributed by atoms with Crippen LogP contribution in [0, 0.1) is 0 Å². The quantitative estimate of drug-likeness (QED) is 0.745. The Bertz CT molecular complexity index is 249. The van der Waals surface area contributed by atoms with Gasteiger partial charge in [0, 0.05) is 17.6 Å². The highest BCUT2D eigenvalue weighted by Crippen LogP contribution is 2.16. The van der Waals surface area contributed by atoms with Gasteiger partial charge in [-0.15, -0.1) is 11.3 Å². The summed E-state index contributed by atoms with van der Waals surface area (Å²) in [4.78, 5) is 4.32. The van der Waals surface area contributed by atoms with E-state index in [1.165, 1.54) is 22.9 Å². The van der Waals surface area contributed by atoms with Crippen molar-refractivity contribution < 1.29 is 0 Å². The summed E-state index contributed by atoms with van der Waals surface area (Å²) in [5.74, 6) is 2.46. The molecule has 0 spiro atoms.